The zero-order valence-corrected chi connectivity index (χ0v) is 15.4. The van der Waals surface area contributed by atoms with Crippen molar-refractivity contribution in [3.05, 3.63) is 27.6 Å². The van der Waals surface area contributed by atoms with E-state index in [9.17, 15) is 0 Å². The maximum atomic E-state index is 6.10. The topological polar surface area (TPSA) is 17.8 Å². The van der Waals surface area contributed by atoms with Crippen molar-refractivity contribution in [3.8, 4) is 0 Å². The summed E-state index contributed by atoms with van der Waals surface area (Å²) in [7, 11) is 0. The molecular formula is C17H22ClIN2. The molecule has 1 heterocycles. The Kier molecular flexibility index (Phi) is 5.10. The molecule has 21 heavy (non-hydrogen) atoms. The van der Waals surface area contributed by atoms with Crippen molar-refractivity contribution in [1.29, 1.82) is 0 Å². The summed E-state index contributed by atoms with van der Waals surface area (Å²) in [6.07, 6.45) is 6.85. The normalized spacial score (nSPS) is 22.8. The lowest BCUT2D eigenvalue weighted by molar-refractivity contribution is 0.261. The van der Waals surface area contributed by atoms with Crippen LogP contribution in [0.5, 0.6) is 0 Å². The number of imidazole rings is 1. The molecular weight excluding hydrogens is 395 g/mol. The summed E-state index contributed by atoms with van der Waals surface area (Å²) in [6.45, 7) is 3.45. The van der Waals surface area contributed by atoms with Gasteiger partial charge in [-0.3, -0.25) is 0 Å². The van der Waals surface area contributed by atoms with Crippen LogP contribution in [0, 0.1) is 15.4 Å². The van der Waals surface area contributed by atoms with Gasteiger partial charge in [0.05, 0.1) is 16.9 Å². The fourth-order valence-corrected chi connectivity index (χ4v) is 4.32. The molecule has 0 N–H and O–H groups in total. The molecule has 0 bridgehead atoms. The van der Waals surface area contributed by atoms with E-state index in [1.165, 1.54) is 41.2 Å². The van der Waals surface area contributed by atoms with E-state index >= 15 is 0 Å². The molecule has 1 fully saturated rings. The Balaban J connectivity index is 1.79. The molecule has 2 unspecified atom stereocenters. The standard InChI is InChI=1S/C17H22ClIN2/c1-12-3-2-4-13(9-12)7-8-21-16-6-5-14(19)10-15(16)20-17(21)11-18/h5-6,10,12-13H,2-4,7-9,11H2,1H3. The molecule has 1 aliphatic rings. The third-order valence-electron chi connectivity index (χ3n) is 4.71. The minimum absolute atomic E-state index is 0.492. The van der Waals surface area contributed by atoms with Gasteiger partial charge in [0.15, 0.2) is 0 Å². The number of halogens is 2. The SMILES string of the molecule is CC1CCCC(CCn2c(CCl)nc3cc(I)ccc32)C1. The molecule has 0 amide bonds. The Morgan fingerprint density at radius 3 is 3.00 bits per heavy atom. The number of hydrogen-bond acceptors (Lipinski definition) is 1. The highest BCUT2D eigenvalue weighted by atomic mass is 127. The van der Waals surface area contributed by atoms with E-state index in [1.54, 1.807) is 0 Å². The second-order valence-corrected chi connectivity index (χ2v) is 7.89. The first-order chi connectivity index (χ1) is 10.2. The van der Waals surface area contributed by atoms with E-state index in [-0.39, 0.29) is 0 Å². The highest BCUT2D eigenvalue weighted by molar-refractivity contribution is 14.1. The quantitative estimate of drug-likeness (QED) is 0.469. The summed E-state index contributed by atoms with van der Waals surface area (Å²) in [5.41, 5.74) is 2.31. The largest absolute Gasteiger partial charge is 0.327 e. The van der Waals surface area contributed by atoms with E-state index in [0.29, 0.717) is 5.88 Å². The van der Waals surface area contributed by atoms with Crippen molar-refractivity contribution < 1.29 is 0 Å². The summed E-state index contributed by atoms with van der Waals surface area (Å²) >= 11 is 8.44. The molecule has 1 aromatic heterocycles. The average molecular weight is 417 g/mol. The number of benzene rings is 1. The number of alkyl halides is 1. The minimum atomic E-state index is 0.492. The first-order valence-electron chi connectivity index (χ1n) is 7.88. The number of fused-ring (bicyclic) bond motifs is 1. The van der Waals surface area contributed by atoms with Crippen molar-refractivity contribution in [2.24, 2.45) is 11.8 Å². The molecule has 2 nitrogen and oxygen atoms in total. The van der Waals surface area contributed by atoms with E-state index in [0.717, 1.165) is 29.7 Å². The van der Waals surface area contributed by atoms with Gasteiger partial charge in [-0.15, -0.1) is 11.6 Å². The van der Waals surface area contributed by atoms with Crippen LogP contribution in [0.4, 0.5) is 0 Å². The van der Waals surface area contributed by atoms with Crippen LogP contribution in [-0.2, 0) is 12.4 Å². The third kappa shape index (κ3) is 3.55. The van der Waals surface area contributed by atoms with Crippen molar-refractivity contribution in [2.75, 3.05) is 0 Å². The molecule has 0 spiro atoms. The van der Waals surface area contributed by atoms with Gasteiger partial charge in [0.1, 0.15) is 5.82 Å². The third-order valence-corrected chi connectivity index (χ3v) is 5.62. The van der Waals surface area contributed by atoms with Crippen LogP contribution >= 0.6 is 34.2 Å². The zero-order valence-electron chi connectivity index (χ0n) is 12.5. The van der Waals surface area contributed by atoms with Crippen LogP contribution < -0.4 is 0 Å². The number of nitrogens with zero attached hydrogens (tertiary/aromatic N) is 2. The fourth-order valence-electron chi connectivity index (χ4n) is 3.64. The molecule has 4 heteroatoms. The summed E-state index contributed by atoms with van der Waals surface area (Å²) in [4.78, 5) is 4.70. The van der Waals surface area contributed by atoms with Crippen LogP contribution in [0.15, 0.2) is 18.2 Å². The van der Waals surface area contributed by atoms with Gasteiger partial charge in [-0.1, -0.05) is 26.2 Å². The van der Waals surface area contributed by atoms with Gasteiger partial charge >= 0.3 is 0 Å². The maximum absolute atomic E-state index is 6.10. The highest BCUT2D eigenvalue weighted by Crippen LogP contribution is 2.31. The monoisotopic (exact) mass is 416 g/mol. The van der Waals surface area contributed by atoms with Crippen LogP contribution in [0.2, 0.25) is 0 Å². The lowest BCUT2D eigenvalue weighted by Gasteiger charge is -2.27. The van der Waals surface area contributed by atoms with Crippen LogP contribution in [0.3, 0.4) is 0 Å². The minimum Gasteiger partial charge on any atom is -0.327 e. The molecule has 3 rings (SSSR count). The smallest absolute Gasteiger partial charge is 0.124 e. The Morgan fingerprint density at radius 2 is 2.24 bits per heavy atom. The molecule has 2 atom stereocenters. The maximum Gasteiger partial charge on any atom is 0.124 e. The van der Waals surface area contributed by atoms with Gasteiger partial charge in [0.2, 0.25) is 0 Å². The van der Waals surface area contributed by atoms with Crippen molar-refractivity contribution >= 4 is 45.2 Å². The van der Waals surface area contributed by atoms with Gasteiger partial charge in [-0.25, -0.2) is 4.98 Å². The molecule has 1 aliphatic carbocycles. The number of hydrogen-bond donors (Lipinski definition) is 0. The van der Waals surface area contributed by atoms with Crippen LogP contribution in [0.25, 0.3) is 11.0 Å². The van der Waals surface area contributed by atoms with E-state index in [2.05, 4.69) is 52.3 Å². The Labute approximate surface area is 145 Å². The summed E-state index contributed by atoms with van der Waals surface area (Å²) in [5.74, 6) is 3.28. The fraction of sp³-hybridized carbons (Fsp3) is 0.588. The summed E-state index contributed by atoms with van der Waals surface area (Å²) in [6, 6.07) is 6.48. The molecule has 0 radical (unpaired) electrons. The van der Waals surface area contributed by atoms with Gasteiger partial charge in [-0.2, -0.15) is 0 Å². The zero-order chi connectivity index (χ0) is 14.8. The van der Waals surface area contributed by atoms with E-state index < -0.39 is 0 Å². The predicted molar refractivity (Wildman–Crippen MR) is 97.7 cm³/mol. The van der Waals surface area contributed by atoms with Crippen molar-refractivity contribution in [2.45, 2.75) is 51.5 Å². The van der Waals surface area contributed by atoms with E-state index in [4.69, 9.17) is 16.6 Å². The molecule has 114 valence electrons. The number of aryl methyl sites for hydroxylation is 1. The van der Waals surface area contributed by atoms with Gasteiger partial charge < -0.3 is 4.57 Å². The lowest BCUT2D eigenvalue weighted by atomic mass is 9.81. The summed E-state index contributed by atoms with van der Waals surface area (Å²) < 4.78 is 3.56. The Bertz CT molecular complexity index is 623. The van der Waals surface area contributed by atoms with Gasteiger partial charge in [0, 0.05) is 10.1 Å². The first kappa shape index (κ1) is 15.6. The molecule has 2 aromatic rings. The van der Waals surface area contributed by atoms with Crippen LogP contribution in [-0.4, -0.2) is 9.55 Å². The van der Waals surface area contributed by atoms with Gasteiger partial charge in [0.25, 0.3) is 0 Å². The van der Waals surface area contributed by atoms with Crippen LogP contribution in [0.1, 0.15) is 44.9 Å². The van der Waals surface area contributed by atoms with Gasteiger partial charge in [-0.05, 0) is 65.5 Å². The second kappa shape index (κ2) is 6.86. The number of aromatic nitrogens is 2. The Morgan fingerprint density at radius 1 is 1.38 bits per heavy atom. The highest BCUT2D eigenvalue weighted by Gasteiger charge is 2.19. The average Bonchev–Trinajstić information content (AvgIpc) is 2.82. The molecule has 0 saturated heterocycles. The Hall–Kier alpha value is -0.290. The molecule has 1 aromatic carbocycles. The van der Waals surface area contributed by atoms with Crippen molar-refractivity contribution in [3.63, 3.8) is 0 Å². The molecule has 1 saturated carbocycles. The lowest BCUT2D eigenvalue weighted by Crippen LogP contribution is -2.16. The molecule has 0 aliphatic heterocycles. The second-order valence-electron chi connectivity index (χ2n) is 6.37. The van der Waals surface area contributed by atoms with Crippen molar-refractivity contribution in [1.82, 2.24) is 9.55 Å². The summed E-state index contributed by atoms with van der Waals surface area (Å²) in [5, 5.41) is 0. The first-order valence-corrected chi connectivity index (χ1v) is 9.49. The predicted octanol–water partition coefficient (Wildman–Crippen LogP) is 5.60. The van der Waals surface area contributed by atoms with E-state index in [1.807, 2.05) is 0 Å². The number of rotatable bonds is 4.